The van der Waals surface area contributed by atoms with Crippen molar-refractivity contribution >= 4 is 16.9 Å². The highest BCUT2D eigenvalue weighted by Gasteiger charge is 2.08. The maximum Gasteiger partial charge on any atom is 0.154 e. The number of thioether (sulfide) groups is 1. The standard InChI is InChI=1S/C13H19FN2OS/c1-13(2,3)16-12(15)18-9-8-17-11-6-4-10(14)5-7-11/h4-7H,8-9H2,1-3H3,(H2,15,16). The Balaban J connectivity index is 2.27. The number of ether oxygens (including phenoxy) is 1. The van der Waals surface area contributed by atoms with Crippen molar-refractivity contribution < 1.29 is 9.13 Å². The zero-order valence-electron chi connectivity index (χ0n) is 10.9. The maximum atomic E-state index is 12.6. The van der Waals surface area contributed by atoms with E-state index in [9.17, 15) is 4.39 Å². The maximum absolute atomic E-state index is 12.6. The molecule has 0 aromatic heterocycles. The van der Waals surface area contributed by atoms with Crippen molar-refractivity contribution in [3.63, 3.8) is 0 Å². The fraction of sp³-hybridized carbons (Fsp3) is 0.462. The third kappa shape index (κ3) is 6.49. The molecule has 0 saturated heterocycles. The van der Waals surface area contributed by atoms with Crippen LogP contribution < -0.4 is 10.5 Å². The van der Waals surface area contributed by atoms with Gasteiger partial charge in [0.1, 0.15) is 11.6 Å². The Morgan fingerprint density at radius 2 is 1.94 bits per heavy atom. The monoisotopic (exact) mass is 270 g/mol. The zero-order valence-corrected chi connectivity index (χ0v) is 11.8. The van der Waals surface area contributed by atoms with E-state index in [4.69, 9.17) is 10.5 Å². The average Bonchev–Trinajstić information content (AvgIpc) is 2.24. The first-order chi connectivity index (χ1) is 8.37. The second kappa shape index (κ2) is 6.64. The average molecular weight is 270 g/mol. The van der Waals surface area contributed by atoms with Crippen LogP contribution >= 0.6 is 11.8 Å². The van der Waals surface area contributed by atoms with E-state index < -0.39 is 0 Å². The van der Waals surface area contributed by atoms with Crippen molar-refractivity contribution in [2.24, 2.45) is 10.7 Å². The van der Waals surface area contributed by atoms with Gasteiger partial charge >= 0.3 is 0 Å². The zero-order chi connectivity index (χ0) is 13.6. The first-order valence-electron chi connectivity index (χ1n) is 5.73. The van der Waals surface area contributed by atoms with Gasteiger partial charge in [-0.3, -0.25) is 4.99 Å². The largest absolute Gasteiger partial charge is 0.493 e. The molecule has 0 fully saturated rings. The van der Waals surface area contributed by atoms with Crippen LogP contribution in [0.1, 0.15) is 20.8 Å². The van der Waals surface area contributed by atoms with E-state index in [1.807, 2.05) is 20.8 Å². The van der Waals surface area contributed by atoms with Crippen molar-refractivity contribution in [3.8, 4) is 5.75 Å². The summed E-state index contributed by atoms with van der Waals surface area (Å²) in [7, 11) is 0. The smallest absolute Gasteiger partial charge is 0.154 e. The van der Waals surface area contributed by atoms with Crippen LogP contribution in [0, 0.1) is 5.82 Å². The minimum atomic E-state index is -0.265. The number of amidine groups is 1. The number of hydrogen-bond acceptors (Lipinski definition) is 3. The van der Waals surface area contributed by atoms with Crippen molar-refractivity contribution in [1.82, 2.24) is 0 Å². The van der Waals surface area contributed by atoms with Crippen LogP contribution in [-0.4, -0.2) is 23.1 Å². The number of halogens is 1. The molecule has 1 aromatic rings. The molecular formula is C13H19FN2OS. The minimum absolute atomic E-state index is 0.158. The number of aliphatic imine (C=N–C) groups is 1. The fourth-order valence-corrected chi connectivity index (χ4v) is 1.91. The summed E-state index contributed by atoms with van der Waals surface area (Å²) in [6, 6.07) is 5.95. The lowest BCUT2D eigenvalue weighted by molar-refractivity contribution is 0.343. The summed E-state index contributed by atoms with van der Waals surface area (Å²) in [6.07, 6.45) is 0. The Labute approximate surface area is 112 Å². The van der Waals surface area contributed by atoms with E-state index in [1.165, 1.54) is 23.9 Å². The molecule has 5 heteroatoms. The molecule has 0 aliphatic carbocycles. The highest BCUT2D eigenvalue weighted by Crippen LogP contribution is 2.13. The normalized spacial score (nSPS) is 12.6. The van der Waals surface area contributed by atoms with Crippen molar-refractivity contribution in [3.05, 3.63) is 30.1 Å². The Morgan fingerprint density at radius 3 is 2.50 bits per heavy atom. The summed E-state index contributed by atoms with van der Waals surface area (Å²) in [5.41, 5.74) is 5.61. The van der Waals surface area contributed by atoms with Gasteiger partial charge < -0.3 is 10.5 Å². The highest BCUT2D eigenvalue weighted by atomic mass is 32.2. The summed E-state index contributed by atoms with van der Waals surface area (Å²) < 4.78 is 18.1. The van der Waals surface area contributed by atoms with Crippen molar-refractivity contribution in [2.45, 2.75) is 26.3 Å². The second-order valence-electron chi connectivity index (χ2n) is 4.77. The summed E-state index contributed by atoms with van der Waals surface area (Å²) in [6.45, 7) is 6.50. The summed E-state index contributed by atoms with van der Waals surface area (Å²) in [5.74, 6) is 1.10. The number of rotatable bonds is 4. The molecule has 100 valence electrons. The van der Waals surface area contributed by atoms with Gasteiger partial charge in [-0.05, 0) is 45.0 Å². The predicted octanol–water partition coefficient (Wildman–Crippen LogP) is 3.05. The van der Waals surface area contributed by atoms with Crippen LogP contribution in [0.5, 0.6) is 5.75 Å². The van der Waals surface area contributed by atoms with E-state index in [1.54, 1.807) is 12.1 Å². The van der Waals surface area contributed by atoms with E-state index in [-0.39, 0.29) is 11.4 Å². The molecule has 0 saturated carbocycles. The van der Waals surface area contributed by atoms with Gasteiger partial charge in [0.05, 0.1) is 12.1 Å². The van der Waals surface area contributed by atoms with Crippen LogP contribution in [0.2, 0.25) is 0 Å². The van der Waals surface area contributed by atoms with Crippen LogP contribution in [0.4, 0.5) is 4.39 Å². The lowest BCUT2D eigenvalue weighted by atomic mass is 10.1. The topological polar surface area (TPSA) is 47.6 Å². The molecule has 0 heterocycles. The van der Waals surface area contributed by atoms with E-state index >= 15 is 0 Å². The molecule has 0 bridgehead atoms. The van der Waals surface area contributed by atoms with Gasteiger partial charge in [-0.15, -0.1) is 0 Å². The van der Waals surface area contributed by atoms with Crippen molar-refractivity contribution in [1.29, 1.82) is 0 Å². The number of nitrogens with zero attached hydrogens (tertiary/aromatic N) is 1. The lowest BCUT2D eigenvalue weighted by Crippen LogP contribution is -2.18. The summed E-state index contributed by atoms with van der Waals surface area (Å²) in [5, 5.41) is 0.560. The van der Waals surface area contributed by atoms with Crippen LogP contribution in [-0.2, 0) is 0 Å². The van der Waals surface area contributed by atoms with Gasteiger partial charge in [0, 0.05) is 5.75 Å². The number of hydrogen-bond donors (Lipinski definition) is 1. The summed E-state index contributed by atoms with van der Waals surface area (Å²) >= 11 is 1.45. The number of benzene rings is 1. The first kappa shape index (κ1) is 14.8. The molecule has 0 radical (unpaired) electrons. The molecule has 3 nitrogen and oxygen atoms in total. The van der Waals surface area contributed by atoms with Gasteiger partial charge in [-0.25, -0.2) is 4.39 Å². The molecule has 1 aromatic carbocycles. The van der Waals surface area contributed by atoms with Crippen LogP contribution in [0.25, 0.3) is 0 Å². The first-order valence-corrected chi connectivity index (χ1v) is 6.72. The molecule has 0 amide bonds. The molecule has 0 atom stereocenters. The third-order valence-corrected chi connectivity index (χ3v) is 2.62. The van der Waals surface area contributed by atoms with Gasteiger partial charge in [0.2, 0.25) is 0 Å². The highest BCUT2D eigenvalue weighted by molar-refractivity contribution is 8.13. The Hall–Kier alpha value is -1.23. The quantitative estimate of drug-likeness (QED) is 0.519. The van der Waals surface area contributed by atoms with Crippen molar-refractivity contribution in [2.75, 3.05) is 12.4 Å². The van der Waals surface area contributed by atoms with E-state index in [0.29, 0.717) is 23.3 Å². The fourth-order valence-electron chi connectivity index (χ4n) is 1.20. The van der Waals surface area contributed by atoms with E-state index in [2.05, 4.69) is 4.99 Å². The third-order valence-electron chi connectivity index (χ3n) is 1.86. The molecule has 2 N–H and O–H groups in total. The number of nitrogens with two attached hydrogens (primary N) is 1. The molecule has 1 rings (SSSR count). The Morgan fingerprint density at radius 1 is 1.33 bits per heavy atom. The van der Waals surface area contributed by atoms with Gasteiger partial charge in [0.25, 0.3) is 0 Å². The predicted molar refractivity (Wildman–Crippen MR) is 75.7 cm³/mol. The van der Waals surface area contributed by atoms with Crippen LogP contribution in [0.15, 0.2) is 29.3 Å². The van der Waals surface area contributed by atoms with Gasteiger partial charge in [0.15, 0.2) is 5.17 Å². The molecule has 0 unspecified atom stereocenters. The second-order valence-corrected chi connectivity index (χ2v) is 5.89. The van der Waals surface area contributed by atoms with Gasteiger partial charge in [-0.2, -0.15) is 0 Å². The Kier molecular flexibility index (Phi) is 5.47. The van der Waals surface area contributed by atoms with Gasteiger partial charge in [-0.1, -0.05) is 11.8 Å². The SMILES string of the molecule is CC(C)(C)N=C(N)SCCOc1ccc(F)cc1. The minimum Gasteiger partial charge on any atom is -0.493 e. The lowest BCUT2D eigenvalue weighted by Gasteiger charge is -2.13. The molecule has 0 aliphatic rings. The molecular weight excluding hydrogens is 251 g/mol. The van der Waals surface area contributed by atoms with Crippen LogP contribution in [0.3, 0.4) is 0 Å². The summed E-state index contributed by atoms with van der Waals surface area (Å²) in [4.78, 5) is 4.32. The Bertz CT molecular complexity index is 398. The molecule has 0 spiro atoms. The molecule has 18 heavy (non-hydrogen) atoms. The molecule has 0 aliphatic heterocycles. The van der Waals surface area contributed by atoms with E-state index in [0.717, 1.165) is 0 Å².